The van der Waals surface area contributed by atoms with Crippen molar-refractivity contribution in [2.24, 2.45) is 0 Å². The number of rotatable bonds is 6. The zero-order chi connectivity index (χ0) is 15.0. The number of hydrogen-bond acceptors (Lipinski definition) is 4. The summed E-state index contributed by atoms with van der Waals surface area (Å²) in [4.78, 5) is 3.22. The Morgan fingerprint density at radius 1 is 1.35 bits per heavy atom. The molecule has 0 amide bonds. The molecule has 7 heteroatoms. The highest BCUT2D eigenvalue weighted by atomic mass is 35.5. The van der Waals surface area contributed by atoms with Gasteiger partial charge >= 0.3 is 0 Å². The van der Waals surface area contributed by atoms with E-state index in [1.54, 1.807) is 18.5 Å². The third-order valence-electron chi connectivity index (χ3n) is 4.26. The number of halogens is 1. The molecular formula is C13H21ClN2O2S2. The second-order valence-electron chi connectivity index (χ2n) is 5.58. The summed E-state index contributed by atoms with van der Waals surface area (Å²) >= 11 is 7.22. The molecule has 0 bridgehead atoms. The summed E-state index contributed by atoms with van der Waals surface area (Å²) < 4.78 is 26.8. The standard InChI is InChI=1S/C13H21ClN2O2S2/c1-15(2)13(6-4-7-13)10-16(3)20(17,18)12-5-8-19-11(12)9-14/h5,8H,4,6-7,9-10H2,1-3H3. The van der Waals surface area contributed by atoms with Crippen LogP contribution in [0.3, 0.4) is 0 Å². The van der Waals surface area contributed by atoms with Crippen molar-refractivity contribution in [1.29, 1.82) is 0 Å². The first-order valence-electron chi connectivity index (χ1n) is 6.59. The van der Waals surface area contributed by atoms with Crippen molar-refractivity contribution < 1.29 is 8.42 Å². The molecule has 1 aromatic rings. The molecule has 0 aromatic carbocycles. The fraction of sp³-hybridized carbons (Fsp3) is 0.692. The Morgan fingerprint density at radius 3 is 2.45 bits per heavy atom. The first-order chi connectivity index (χ1) is 9.33. The van der Waals surface area contributed by atoms with Gasteiger partial charge in [0.05, 0.1) is 10.8 Å². The highest BCUT2D eigenvalue weighted by Crippen LogP contribution is 2.38. The second kappa shape index (κ2) is 5.93. The van der Waals surface area contributed by atoms with E-state index in [0.717, 1.165) is 19.3 Å². The van der Waals surface area contributed by atoms with Gasteiger partial charge in [0.25, 0.3) is 0 Å². The average Bonchev–Trinajstić information content (AvgIpc) is 2.81. The molecule has 0 unspecified atom stereocenters. The molecule has 0 aliphatic heterocycles. The molecule has 0 spiro atoms. The molecule has 1 aliphatic rings. The Hall–Kier alpha value is -0.140. The van der Waals surface area contributed by atoms with Gasteiger partial charge in [0.2, 0.25) is 10.0 Å². The van der Waals surface area contributed by atoms with Crippen LogP contribution in [-0.2, 0) is 15.9 Å². The minimum absolute atomic E-state index is 0.0149. The molecule has 114 valence electrons. The Morgan fingerprint density at radius 2 is 2.00 bits per heavy atom. The van der Waals surface area contributed by atoms with Crippen molar-refractivity contribution in [3.63, 3.8) is 0 Å². The van der Waals surface area contributed by atoms with Crippen molar-refractivity contribution in [3.05, 3.63) is 16.3 Å². The fourth-order valence-corrected chi connectivity index (χ4v) is 5.58. The van der Waals surface area contributed by atoms with Gasteiger partial charge < -0.3 is 4.90 Å². The van der Waals surface area contributed by atoms with Gasteiger partial charge in [-0.1, -0.05) is 0 Å². The van der Waals surface area contributed by atoms with Gasteiger partial charge in [0.1, 0.15) is 0 Å². The summed E-state index contributed by atoms with van der Waals surface area (Å²) in [6.07, 6.45) is 3.26. The first kappa shape index (κ1) is 16.2. The normalized spacial score (nSPS) is 18.5. The molecule has 0 atom stereocenters. The number of sulfonamides is 1. The Kier molecular flexibility index (Phi) is 4.81. The highest BCUT2D eigenvalue weighted by Gasteiger charge is 2.42. The van der Waals surface area contributed by atoms with Crippen molar-refractivity contribution in [1.82, 2.24) is 9.21 Å². The second-order valence-corrected chi connectivity index (χ2v) is 8.86. The number of thiophene rings is 1. The summed E-state index contributed by atoms with van der Waals surface area (Å²) in [5, 5.41) is 1.78. The predicted molar refractivity (Wildman–Crippen MR) is 84.0 cm³/mol. The van der Waals surface area contributed by atoms with Crippen LogP contribution in [0.4, 0.5) is 0 Å². The minimum Gasteiger partial charge on any atom is -0.302 e. The van der Waals surface area contributed by atoms with Gasteiger partial charge in [-0.2, -0.15) is 4.31 Å². The molecule has 4 nitrogen and oxygen atoms in total. The van der Waals surface area contributed by atoms with Crippen LogP contribution < -0.4 is 0 Å². The maximum Gasteiger partial charge on any atom is 0.244 e. The molecule has 1 heterocycles. The number of nitrogens with zero attached hydrogens (tertiary/aromatic N) is 2. The summed E-state index contributed by atoms with van der Waals surface area (Å²) in [5.41, 5.74) is -0.0149. The molecule has 1 aromatic heterocycles. The zero-order valence-corrected chi connectivity index (χ0v) is 14.5. The van der Waals surface area contributed by atoms with Crippen molar-refractivity contribution >= 4 is 33.0 Å². The highest BCUT2D eigenvalue weighted by molar-refractivity contribution is 7.89. The van der Waals surface area contributed by atoms with E-state index in [9.17, 15) is 8.42 Å². The SMILES string of the molecule is CN(C)C1(CN(C)S(=O)(=O)c2ccsc2CCl)CCC1. The van der Waals surface area contributed by atoms with E-state index in [1.807, 2.05) is 14.1 Å². The molecule has 1 fully saturated rings. The molecule has 1 aliphatic carbocycles. The molecule has 2 rings (SSSR count). The topological polar surface area (TPSA) is 40.6 Å². The van der Waals surface area contributed by atoms with Gasteiger partial charge in [0, 0.05) is 24.0 Å². The van der Waals surface area contributed by atoms with Crippen molar-refractivity contribution in [3.8, 4) is 0 Å². The molecule has 0 N–H and O–H groups in total. The lowest BCUT2D eigenvalue weighted by Crippen LogP contribution is -2.57. The van der Waals surface area contributed by atoms with Crippen LogP contribution in [0.1, 0.15) is 24.1 Å². The monoisotopic (exact) mass is 336 g/mol. The molecule has 1 saturated carbocycles. The van der Waals surface area contributed by atoms with Crippen LogP contribution in [0.15, 0.2) is 16.3 Å². The third kappa shape index (κ3) is 2.76. The van der Waals surface area contributed by atoms with Gasteiger partial charge in [-0.15, -0.1) is 22.9 Å². The lowest BCUT2D eigenvalue weighted by molar-refractivity contribution is 0.0455. The summed E-state index contributed by atoms with van der Waals surface area (Å²) in [7, 11) is 2.26. The number of likely N-dealkylation sites (N-methyl/N-ethyl adjacent to an activating group) is 2. The van der Waals surface area contributed by atoms with E-state index in [1.165, 1.54) is 15.6 Å². The van der Waals surface area contributed by atoms with Crippen LogP contribution in [0.5, 0.6) is 0 Å². The van der Waals surface area contributed by atoms with Crippen LogP contribution >= 0.6 is 22.9 Å². The van der Waals surface area contributed by atoms with Crippen molar-refractivity contribution in [2.45, 2.75) is 35.6 Å². The predicted octanol–water partition coefficient (Wildman–Crippen LogP) is 2.59. The molecule has 0 saturated heterocycles. The lowest BCUT2D eigenvalue weighted by atomic mass is 9.75. The van der Waals surface area contributed by atoms with Gasteiger partial charge in [-0.05, 0) is 44.8 Å². The fourth-order valence-electron chi connectivity index (χ4n) is 2.66. The van der Waals surface area contributed by atoms with Crippen molar-refractivity contribution in [2.75, 3.05) is 27.7 Å². The third-order valence-corrected chi connectivity index (χ3v) is 7.63. The molecule has 0 radical (unpaired) electrons. The minimum atomic E-state index is -3.45. The summed E-state index contributed by atoms with van der Waals surface area (Å²) in [6.45, 7) is 0.528. The maximum absolute atomic E-state index is 12.7. The Balaban J connectivity index is 2.22. The largest absolute Gasteiger partial charge is 0.302 e. The van der Waals surface area contributed by atoms with E-state index in [2.05, 4.69) is 4.90 Å². The van der Waals surface area contributed by atoms with Gasteiger partial charge in [-0.3, -0.25) is 0 Å². The van der Waals surface area contributed by atoms with E-state index in [-0.39, 0.29) is 11.4 Å². The maximum atomic E-state index is 12.7. The smallest absolute Gasteiger partial charge is 0.244 e. The van der Waals surface area contributed by atoms with E-state index in [0.29, 0.717) is 16.3 Å². The van der Waals surface area contributed by atoms with E-state index >= 15 is 0 Å². The lowest BCUT2D eigenvalue weighted by Gasteiger charge is -2.48. The van der Waals surface area contributed by atoms with Crippen LogP contribution in [0.25, 0.3) is 0 Å². The molecule has 20 heavy (non-hydrogen) atoms. The Bertz CT molecular complexity index is 565. The summed E-state index contributed by atoms with van der Waals surface area (Å²) in [5.74, 6) is 0.235. The number of hydrogen-bond donors (Lipinski definition) is 0. The van der Waals surface area contributed by atoms with Gasteiger partial charge in [0.15, 0.2) is 0 Å². The van der Waals surface area contributed by atoms with Crippen LogP contribution in [-0.4, -0.2) is 50.8 Å². The van der Waals surface area contributed by atoms with Crippen LogP contribution in [0, 0.1) is 0 Å². The number of alkyl halides is 1. The quantitative estimate of drug-likeness (QED) is 0.750. The summed E-state index contributed by atoms with van der Waals surface area (Å²) in [6, 6.07) is 1.65. The van der Waals surface area contributed by atoms with Gasteiger partial charge in [-0.25, -0.2) is 8.42 Å². The zero-order valence-electron chi connectivity index (χ0n) is 12.1. The Labute approximate surface area is 130 Å². The average molecular weight is 337 g/mol. The van der Waals surface area contributed by atoms with Crippen LogP contribution in [0.2, 0.25) is 0 Å². The van der Waals surface area contributed by atoms with E-state index in [4.69, 9.17) is 11.6 Å². The molecular weight excluding hydrogens is 316 g/mol. The van der Waals surface area contributed by atoms with E-state index < -0.39 is 10.0 Å². The first-order valence-corrected chi connectivity index (χ1v) is 9.45.